The van der Waals surface area contributed by atoms with E-state index in [1.807, 2.05) is 6.92 Å². The highest BCUT2D eigenvalue weighted by atomic mass is 35.9. The molecule has 0 amide bonds. The predicted octanol–water partition coefficient (Wildman–Crippen LogP) is 6.00. The third kappa shape index (κ3) is 15.6. The molecule has 1 atom stereocenters. The van der Waals surface area contributed by atoms with Crippen LogP contribution in [0.3, 0.4) is 0 Å². The number of ether oxygens (including phenoxy) is 1. The van der Waals surface area contributed by atoms with E-state index in [4.69, 9.17) is 31.7 Å². The SMILES string of the molecule is CCCCCCCC(=O)S[C@H](COCCC)COP(=O)(Cl)Cl. The molecule has 0 aromatic carbocycles. The van der Waals surface area contributed by atoms with Gasteiger partial charge in [-0.15, -0.1) is 0 Å². The number of carbonyl (C=O) groups excluding carboxylic acids is 1. The Morgan fingerprint density at radius 2 is 1.77 bits per heavy atom. The van der Waals surface area contributed by atoms with Crippen LogP contribution < -0.4 is 0 Å². The average molecular weight is 393 g/mol. The molecular formula is C14H27Cl2O4PS. The van der Waals surface area contributed by atoms with E-state index < -0.39 is 6.07 Å². The number of unbranched alkanes of at least 4 members (excludes halogenated alkanes) is 4. The number of hydrogen-bond donors (Lipinski definition) is 0. The molecule has 0 fully saturated rings. The Labute approximate surface area is 148 Å². The molecule has 0 heterocycles. The minimum absolute atomic E-state index is 0.0419. The fourth-order valence-corrected chi connectivity index (χ4v) is 3.49. The standard InChI is InChI=1S/C14H27Cl2O4PS/c1-3-5-6-7-8-9-14(17)22-13(11-19-10-4-2)12-20-21(15,16)18/h13H,3-12H2,1-2H3/t13-/m1/s1. The molecule has 132 valence electrons. The molecule has 0 aromatic rings. The van der Waals surface area contributed by atoms with Gasteiger partial charge in [0.15, 0.2) is 5.12 Å². The van der Waals surface area contributed by atoms with Gasteiger partial charge in [-0.2, -0.15) is 0 Å². The van der Waals surface area contributed by atoms with E-state index in [2.05, 4.69) is 6.92 Å². The first kappa shape index (κ1) is 22.8. The molecule has 0 saturated heterocycles. The molecule has 0 aromatic heterocycles. The van der Waals surface area contributed by atoms with Crippen LogP contribution in [0.15, 0.2) is 0 Å². The summed E-state index contributed by atoms with van der Waals surface area (Å²) in [5.41, 5.74) is 0. The van der Waals surface area contributed by atoms with E-state index in [9.17, 15) is 9.36 Å². The summed E-state index contributed by atoms with van der Waals surface area (Å²) in [5.74, 6) is 0. The zero-order valence-corrected chi connectivity index (χ0v) is 16.6. The van der Waals surface area contributed by atoms with Crippen molar-refractivity contribution < 1.29 is 18.6 Å². The van der Waals surface area contributed by atoms with Crippen LogP contribution in [0, 0.1) is 0 Å². The fraction of sp³-hybridized carbons (Fsp3) is 0.929. The quantitative estimate of drug-likeness (QED) is 0.267. The van der Waals surface area contributed by atoms with Crippen molar-refractivity contribution in [3.63, 3.8) is 0 Å². The topological polar surface area (TPSA) is 52.6 Å². The van der Waals surface area contributed by atoms with Crippen LogP contribution in [-0.2, 0) is 18.6 Å². The number of thioether (sulfide) groups is 1. The second kappa shape index (κ2) is 14.1. The Hall–Kier alpha value is 0.750. The van der Waals surface area contributed by atoms with E-state index in [0.717, 1.165) is 19.3 Å². The molecule has 0 aliphatic heterocycles. The summed E-state index contributed by atoms with van der Waals surface area (Å²) >= 11 is 11.9. The summed E-state index contributed by atoms with van der Waals surface area (Å²) in [4.78, 5) is 12.0. The van der Waals surface area contributed by atoms with Gasteiger partial charge in [0, 0.05) is 13.0 Å². The summed E-state index contributed by atoms with van der Waals surface area (Å²) in [7, 11) is 0. The fourth-order valence-electron chi connectivity index (χ4n) is 1.76. The van der Waals surface area contributed by atoms with Crippen LogP contribution in [0.4, 0.5) is 0 Å². The molecule has 0 aliphatic rings. The largest absolute Gasteiger partial charge is 0.380 e. The Kier molecular flexibility index (Phi) is 14.6. The third-order valence-electron chi connectivity index (χ3n) is 2.85. The van der Waals surface area contributed by atoms with E-state index in [1.165, 1.54) is 31.0 Å². The molecule has 0 spiro atoms. The summed E-state index contributed by atoms with van der Waals surface area (Å²) in [5, 5.41) is -0.135. The highest BCUT2D eigenvalue weighted by Crippen LogP contribution is 2.57. The first-order chi connectivity index (χ1) is 10.4. The minimum Gasteiger partial charge on any atom is -0.380 e. The van der Waals surface area contributed by atoms with E-state index >= 15 is 0 Å². The summed E-state index contributed by atoms with van der Waals surface area (Å²) in [6.45, 7) is 5.18. The zero-order valence-electron chi connectivity index (χ0n) is 13.4. The first-order valence-corrected chi connectivity index (χ1v) is 12.1. The van der Waals surface area contributed by atoms with Crippen molar-refractivity contribution in [1.29, 1.82) is 0 Å². The lowest BCUT2D eigenvalue weighted by molar-refractivity contribution is -0.111. The van der Waals surface area contributed by atoms with Gasteiger partial charge in [0.25, 0.3) is 0 Å². The maximum atomic E-state index is 12.0. The minimum atomic E-state index is -3.57. The summed E-state index contributed by atoms with van der Waals surface area (Å²) < 4.78 is 21.5. The molecule has 0 unspecified atom stereocenters. The van der Waals surface area contributed by atoms with Gasteiger partial charge in [0.2, 0.25) is 0 Å². The normalized spacial score (nSPS) is 13.3. The van der Waals surface area contributed by atoms with Crippen molar-refractivity contribution in [1.82, 2.24) is 0 Å². The number of rotatable bonds is 14. The number of hydrogen-bond acceptors (Lipinski definition) is 5. The van der Waals surface area contributed by atoms with Crippen molar-refractivity contribution in [3.05, 3.63) is 0 Å². The van der Waals surface area contributed by atoms with E-state index in [0.29, 0.717) is 19.6 Å². The highest BCUT2D eigenvalue weighted by Gasteiger charge is 2.21. The number of halogens is 2. The lowest BCUT2D eigenvalue weighted by Gasteiger charge is -2.16. The second-order valence-electron chi connectivity index (χ2n) is 5.06. The molecule has 0 N–H and O–H groups in total. The van der Waals surface area contributed by atoms with Crippen LogP contribution in [0.1, 0.15) is 58.8 Å². The Morgan fingerprint density at radius 3 is 2.36 bits per heavy atom. The first-order valence-electron chi connectivity index (χ1n) is 7.80. The van der Waals surface area contributed by atoms with Gasteiger partial charge in [0.1, 0.15) is 0 Å². The molecule has 0 radical (unpaired) electrons. The summed E-state index contributed by atoms with van der Waals surface area (Å²) in [6.07, 6.45) is 3.41. The monoisotopic (exact) mass is 392 g/mol. The molecule has 0 aliphatic carbocycles. The van der Waals surface area contributed by atoms with Crippen molar-refractivity contribution in [2.45, 2.75) is 64.0 Å². The Balaban J connectivity index is 4.07. The lowest BCUT2D eigenvalue weighted by Crippen LogP contribution is -2.20. The zero-order chi connectivity index (χ0) is 16.8. The molecule has 0 saturated carbocycles. The maximum Gasteiger partial charge on any atom is 0.380 e. The molecule has 0 rings (SSSR count). The smallest absolute Gasteiger partial charge is 0.380 e. The van der Waals surface area contributed by atoms with Gasteiger partial charge in [-0.1, -0.05) is 51.3 Å². The number of carbonyl (C=O) groups is 1. The van der Waals surface area contributed by atoms with Crippen LogP contribution in [0.2, 0.25) is 0 Å². The summed E-state index contributed by atoms with van der Waals surface area (Å²) in [6, 6.07) is 0. The van der Waals surface area contributed by atoms with Crippen molar-refractivity contribution in [2.24, 2.45) is 0 Å². The predicted molar refractivity (Wildman–Crippen MR) is 96.1 cm³/mol. The highest BCUT2D eigenvalue weighted by molar-refractivity contribution is 8.14. The average Bonchev–Trinajstić information content (AvgIpc) is 2.43. The molecule has 8 heteroatoms. The Bertz CT molecular complexity index is 339. The van der Waals surface area contributed by atoms with Crippen LogP contribution in [0.5, 0.6) is 0 Å². The van der Waals surface area contributed by atoms with Crippen LogP contribution in [-0.4, -0.2) is 30.2 Å². The van der Waals surface area contributed by atoms with Gasteiger partial charge in [-0.25, -0.2) is 0 Å². The van der Waals surface area contributed by atoms with Crippen molar-refractivity contribution in [2.75, 3.05) is 19.8 Å². The lowest BCUT2D eigenvalue weighted by atomic mass is 10.1. The third-order valence-corrected chi connectivity index (χ3v) is 4.95. The van der Waals surface area contributed by atoms with Gasteiger partial charge < -0.3 is 9.26 Å². The Morgan fingerprint density at radius 1 is 1.09 bits per heavy atom. The van der Waals surface area contributed by atoms with Gasteiger partial charge in [-0.3, -0.25) is 9.36 Å². The van der Waals surface area contributed by atoms with E-state index in [1.54, 1.807) is 0 Å². The van der Waals surface area contributed by atoms with Gasteiger partial charge >= 0.3 is 6.07 Å². The molecule has 4 nitrogen and oxygen atoms in total. The molecule has 22 heavy (non-hydrogen) atoms. The van der Waals surface area contributed by atoms with Crippen LogP contribution >= 0.6 is 40.3 Å². The van der Waals surface area contributed by atoms with Gasteiger partial charge in [0.05, 0.1) is 18.5 Å². The van der Waals surface area contributed by atoms with Crippen LogP contribution in [0.25, 0.3) is 0 Å². The molecule has 0 bridgehead atoms. The maximum absolute atomic E-state index is 12.0. The van der Waals surface area contributed by atoms with Crippen molar-refractivity contribution >= 4 is 45.4 Å². The van der Waals surface area contributed by atoms with Crippen molar-refractivity contribution in [3.8, 4) is 0 Å². The van der Waals surface area contributed by atoms with Gasteiger partial charge in [-0.05, 0) is 35.3 Å². The van der Waals surface area contributed by atoms with E-state index in [-0.39, 0.29) is 17.0 Å². The second-order valence-corrected chi connectivity index (χ2v) is 10.7. The molecular weight excluding hydrogens is 366 g/mol.